The second-order valence-corrected chi connectivity index (χ2v) is 6.12. The van der Waals surface area contributed by atoms with E-state index in [1.807, 2.05) is 18.3 Å². The third-order valence-corrected chi connectivity index (χ3v) is 4.72. The lowest BCUT2D eigenvalue weighted by atomic mass is 10.0. The summed E-state index contributed by atoms with van der Waals surface area (Å²) in [5, 5.41) is 10.4. The summed E-state index contributed by atoms with van der Waals surface area (Å²) in [6, 6.07) is 5.42. The topological polar surface area (TPSA) is 73.4 Å². The number of carbonyl (C=O) groups excluding carboxylic acids is 1. The van der Waals surface area contributed by atoms with Gasteiger partial charge >= 0.3 is 5.97 Å². The number of nitrogens with one attached hydrogen (secondary N) is 1. The lowest BCUT2D eigenvalue weighted by Crippen LogP contribution is -2.48. The van der Waals surface area contributed by atoms with Crippen LogP contribution in [0.4, 0.5) is 0 Å². The molecule has 0 saturated carbocycles. The van der Waals surface area contributed by atoms with Gasteiger partial charge in [0.15, 0.2) is 0 Å². The monoisotopic (exact) mass is 314 g/mol. The van der Waals surface area contributed by atoms with Gasteiger partial charge in [0.05, 0.1) is 6.42 Å². The molecule has 122 valence electrons. The second-order valence-electron chi connectivity index (χ2n) is 6.12. The van der Waals surface area contributed by atoms with Crippen LogP contribution in [0.5, 0.6) is 0 Å². The first kappa shape index (κ1) is 15.6. The molecule has 1 fully saturated rings. The van der Waals surface area contributed by atoms with E-state index >= 15 is 0 Å². The highest BCUT2D eigenvalue weighted by molar-refractivity contribution is 5.92. The van der Waals surface area contributed by atoms with E-state index in [-0.39, 0.29) is 12.3 Å². The number of hydrogen-bond acceptors (Lipinski definition) is 2. The number of H-pyrrole nitrogens is 1. The van der Waals surface area contributed by atoms with Gasteiger partial charge in [0.2, 0.25) is 5.91 Å². The molecule has 1 aromatic carbocycles. The summed E-state index contributed by atoms with van der Waals surface area (Å²) in [6.07, 6.45) is 5.35. The Morgan fingerprint density at radius 1 is 1.30 bits per heavy atom. The van der Waals surface area contributed by atoms with Crippen molar-refractivity contribution in [2.24, 2.45) is 0 Å². The number of likely N-dealkylation sites (tertiary alicyclic amines) is 1. The van der Waals surface area contributed by atoms with E-state index in [0.29, 0.717) is 13.0 Å². The minimum absolute atomic E-state index is 0.0973. The Hall–Kier alpha value is -2.30. The maximum atomic E-state index is 12.6. The predicted molar refractivity (Wildman–Crippen MR) is 88.4 cm³/mol. The van der Waals surface area contributed by atoms with E-state index in [0.717, 1.165) is 35.7 Å². The van der Waals surface area contributed by atoms with Gasteiger partial charge in [0, 0.05) is 23.6 Å². The minimum atomic E-state index is -0.898. The lowest BCUT2D eigenvalue weighted by Gasteiger charge is -2.33. The molecule has 1 aliphatic rings. The molecule has 0 radical (unpaired) electrons. The highest BCUT2D eigenvalue weighted by Gasteiger charge is 2.31. The summed E-state index contributed by atoms with van der Waals surface area (Å²) in [6.45, 7) is 2.64. The number of hydrogen-bond donors (Lipinski definition) is 2. The number of benzene rings is 1. The molecule has 2 aromatic rings. The highest BCUT2D eigenvalue weighted by Crippen LogP contribution is 2.24. The number of amides is 1. The Morgan fingerprint density at radius 2 is 2.13 bits per heavy atom. The molecule has 1 aliphatic heterocycles. The highest BCUT2D eigenvalue weighted by atomic mass is 16.4. The molecule has 3 rings (SSSR count). The number of aliphatic carboxylic acids is 1. The molecule has 2 N–H and O–H groups in total. The Morgan fingerprint density at radius 3 is 2.87 bits per heavy atom. The van der Waals surface area contributed by atoms with Crippen LogP contribution in [0.3, 0.4) is 0 Å². The minimum Gasteiger partial charge on any atom is -0.480 e. The smallest absolute Gasteiger partial charge is 0.326 e. The number of aromatic nitrogens is 1. The van der Waals surface area contributed by atoms with Gasteiger partial charge in [-0.1, -0.05) is 25.1 Å². The Kier molecular flexibility index (Phi) is 4.37. The van der Waals surface area contributed by atoms with Crippen molar-refractivity contribution in [1.29, 1.82) is 0 Å². The average molecular weight is 314 g/mol. The largest absolute Gasteiger partial charge is 0.480 e. The van der Waals surface area contributed by atoms with Gasteiger partial charge in [-0.2, -0.15) is 0 Å². The van der Waals surface area contributed by atoms with Crippen LogP contribution in [0, 0.1) is 0 Å². The van der Waals surface area contributed by atoms with Crippen LogP contribution in [0.2, 0.25) is 0 Å². The Bertz CT molecular complexity index is 735. The van der Waals surface area contributed by atoms with E-state index in [4.69, 9.17) is 0 Å². The number of aromatic amines is 1. The Balaban J connectivity index is 1.84. The van der Waals surface area contributed by atoms with Crippen LogP contribution in [-0.4, -0.2) is 39.5 Å². The van der Waals surface area contributed by atoms with Crippen molar-refractivity contribution in [3.8, 4) is 0 Å². The van der Waals surface area contributed by atoms with Crippen LogP contribution in [0.1, 0.15) is 37.3 Å². The molecular weight excluding hydrogens is 292 g/mol. The van der Waals surface area contributed by atoms with Crippen molar-refractivity contribution in [3.05, 3.63) is 35.5 Å². The fourth-order valence-corrected chi connectivity index (χ4v) is 3.47. The first-order valence-corrected chi connectivity index (χ1v) is 8.22. The van der Waals surface area contributed by atoms with Crippen LogP contribution in [-0.2, 0) is 22.4 Å². The molecule has 1 saturated heterocycles. The third-order valence-electron chi connectivity index (χ3n) is 4.72. The molecule has 5 heteroatoms. The number of carboxylic acid groups (broad SMARTS) is 1. The number of carboxylic acids is 1. The number of aryl methyl sites for hydroxylation is 1. The van der Waals surface area contributed by atoms with Gasteiger partial charge in [-0.25, -0.2) is 4.79 Å². The first-order valence-electron chi connectivity index (χ1n) is 8.22. The zero-order valence-corrected chi connectivity index (χ0v) is 13.3. The molecule has 1 amide bonds. The van der Waals surface area contributed by atoms with Crippen LogP contribution < -0.4 is 0 Å². The maximum Gasteiger partial charge on any atom is 0.326 e. The first-order chi connectivity index (χ1) is 11.1. The summed E-state index contributed by atoms with van der Waals surface area (Å²) in [7, 11) is 0. The fourth-order valence-electron chi connectivity index (χ4n) is 3.47. The summed E-state index contributed by atoms with van der Waals surface area (Å²) in [5.41, 5.74) is 3.24. The summed E-state index contributed by atoms with van der Waals surface area (Å²) >= 11 is 0. The van der Waals surface area contributed by atoms with Crippen molar-refractivity contribution < 1.29 is 14.7 Å². The molecule has 0 unspecified atom stereocenters. The van der Waals surface area contributed by atoms with E-state index in [9.17, 15) is 14.7 Å². The van der Waals surface area contributed by atoms with Crippen molar-refractivity contribution in [3.63, 3.8) is 0 Å². The van der Waals surface area contributed by atoms with E-state index < -0.39 is 12.0 Å². The molecule has 0 spiro atoms. The number of nitrogens with zero attached hydrogens (tertiary/aromatic N) is 1. The molecule has 23 heavy (non-hydrogen) atoms. The van der Waals surface area contributed by atoms with Crippen molar-refractivity contribution in [2.75, 3.05) is 6.54 Å². The number of para-hydroxylation sites is 1. The van der Waals surface area contributed by atoms with Gasteiger partial charge in [-0.05, 0) is 36.8 Å². The second kappa shape index (κ2) is 6.44. The van der Waals surface area contributed by atoms with Crippen LogP contribution in [0.25, 0.3) is 10.9 Å². The average Bonchev–Trinajstić information content (AvgIpc) is 2.97. The van der Waals surface area contributed by atoms with Gasteiger partial charge in [0.1, 0.15) is 6.04 Å². The van der Waals surface area contributed by atoms with Crippen molar-refractivity contribution >= 4 is 22.8 Å². The molecule has 1 atom stereocenters. The van der Waals surface area contributed by atoms with Crippen molar-refractivity contribution in [2.45, 2.75) is 45.1 Å². The summed E-state index contributed by atoms with van der Waals surface area (Å²) in [4.78, 5) is 28.8. The molecule has 5 nitrogen and oxygen atoms in total. The molecule has 2 heterocycles. The van der Waals surface area contributed by atoms with E-state index in [1.54, 1.807) is 0 Å². The summed E-state index contributed by atoms with van der Waals surface area (Å²) in [5.74, 6) is -0.995. The predicted octanol–water partition coefficient (Wildman–Crippen LogP) is 2.74. The maximum absolute atomic E-state index is 12.6. The number of rotatable bonds is 4. The van der Waals surface area contributed by atoms with E-state index in [1.165, 1.54) is 10.5 Å². The SMILES string of the molecule is CCc1cccc2c(CC(=O)N3CCCC[C@@H]3C(=O)O)c[nH]c12. The van der Waals surface area contributed by atoms with Gasteiger partial charge in [0.25, 0.3) is 0 Å². The zero-order valence-electron chi connectivity index (χ0n) is 13.3. The lowest BCUT2D eigenvalue weighted by molar-refractivity contribution is -0.151. The van der Waals surface area contributed by atoms with Gasteiger partial charge < -0.3 is 15.0 Å². The van der Waals surface area contributed by atoms with Crippen molar-refractivity contribution in [1.82, 2.24) is 9.88 Å². The van der Waals surface area contributed by atoms with Gasteiger partial charge in [-0.3, -0.25) is 4.79 Å². The molecular formula is C18H22N2O3. The number of carbonyl (C=O) groups is 2. The number of fused-ring (bicyclic) bond motifs is 1. The van der Waals surface area contributed by atoms with Crippen LogP contribution >= 0.6 is 0 Å². The summed E-state index contributed by atoms with van der Waals surface area (Å²) < 4.78 is 0. The number of piperidine rings is 1. The quantitative estimate of drug-likeness (QED) is 0.911. The zero-order chi connectivity index (χ0) is 16.4. The third kappa shape index (κ3) is 2.96. The molecule has 1 aromatic heterocycles. The van der Waals surface area contributed by atoms with E-state index in [2.05, 4.69) is 18.0 Å². The van der Waals surface area contributed by atoms with Gasteiger partial charge in [-0.15, -0.1) is 0 Å². The standard InChI is InChI=1S/C18H22N2O3/c1-2-12-6-5-7-14-13(11-19-17(12)14)10-16(21)20-9-4-3-8-15(20)18(22)23/h5-7,11,15,19H,2-4,8-10H2,1H3,(H,22,23)/t15-/m1/s1. The Labute approximate surface area is 135 Å². The normalized spacial score (nSPS) is 18.3. The van der Waals surface area contributed by atoms with Crippen LogP contribution in [0.15, 0.2) is 24.4 Å². The molecule has 0 bridgehead atoms. The molecule has 0 aliphatic carbocycles. The fraction of sp³-hybridized carbons (Fsp3) is 0.444.